The molecule has 2 aromatic heterocycles. The number of pyridine rings is 1. The average Bonchev–Trinajstić information content (AvgIpc) is 3.24. The standard InChI is InChI=1S/C43H54F3N11O4/c1-28(30-22-31(43(44,45)46)24-32(47)23-30)51-39-35-25-36(42(61)53(2)40(35)50-27-49-39)56-18-14-54(15-19-56)12-4-3-5-13-55-16-20-57(21-17-55)38(59)26-48-33-8-6-29(7-9-33)34-10-11-37(58)52-41(34)60/h6-9,22-25,27-28,34,48H,3-5,10-21,26,47H2,1-2H3,(H,49,50,51)(H,52,58,60). The van der Waals surface area contributed by atoms with E-state index in [9.17, 15) is 32.3 Å². The number of alkyl halides is 3. The normalized spacial score (nSPS) is 18.6. The highest BCUT2D eigenvalue weighted by atomic mass is 19.4. The largest absolute Gasteiger partial charge is 0.416 e. The first-order valence-corrected chi connectivity index (χ1v) is 21.0. The third-order valence-electron chi connectivity index (χ3n) is 12.0. The van der Waals surface area contributed by atoms with Crippen LogP contribution in [-0.2, 0) is 27.6 Å². The number of nitrogens with one attached hydrogen (secondary N) is 3. The molecule has 3 amide bonds. The molecule has 3 aliphatic heterocycles. The summed E-state index contributed by atoms with van der Waals surface area (Å²) in [6, 6.07) is 12.2. The zero-order valence-corrected chi connectivity index (χ0v) is 34.6. The molecule has 326 valence electrons. The van der Waals surface area contributed by atoms with Gasteiger partial charge in [-0.05, 0) is 86.8 Å². The number of halogens is 3. The van der Waals surface area contributed by atoms with Crippen LogP contribution in [0.2, 0.25) is 0 Å². The Morgan fingerprint density at radius 2 is 1.57 bits per heavy atom. The summed E-state index contributed by atoms with van der Waals surface area (Å²) in [6.07, 6.45) is 0.870. The summed E-state index contributed by atoms with van der Waals surface area (Å²) in [6.45, 7) is 9.93. The number of unbranched alkanes of at least 4 members (excludes halogenated alkanes) is 2. The summed E-state index contributed by atoms with van der Waals surface area (Å²) < 4.78 is 42.0. The molecule has 61 heavy (non-hydrogen) atoms. The Kier molecular flexibility index (Phi) is 13.4. The predicted molar refractivity (Wildman–Crippen MR) is 228 cm³/mol. The average molecular weight is 846 g/mol. The zero-order valence-electron chi connectivity index (χ0n) is 34.6. The summed E-state index contributed by atoms with van der Waals surface area (Å²) in [4.78, 5) is 67.7. The van der Waals surface area contributed by atoms with Crippen molar-refractivity contribution < 1.29 is 27.6 Å². The minimum Gasteiger partial charge on any atom is -0.399 e. The van der Waals surface area contributed by atoms with E-state index in [4.69, 9.17) is 5.73 Å². The van der Waals surface area contributed by atoms with E-state index in [0.717, 1.165) is 81.9 Å². The lowest BCUT2D eigenvalue weighted by atomic mass is 9.90. The Hall–Kier alpha value is -5.75. The van der Waals surface area contributed by atoms with Crippen LogP contribution in [0.3, 0.4) is 0 Å². The van der Waals surface area contributed by atoms with Crippen molar-refractivity contribution in [2.24, 2.45) is 7.05 Å². The number of carbonyl (C=O) groups is 3. The molecular formula is C43H54F3N11O4. The van der Waals surface area contributed by atoms with E-state index in [0.29, 0.717) is 67.1 Å². The fourth-order valence-electron chi connectivity index (χ4n) is 8.39. The summed E-state index contributed by atoms with van der Waals surface area (Å²) in [5, 5.41) is 9.40. The van der Waals surface area contributed by atoms with Gasteiger partial charge in [0, 0.05) is 77.2 Å². The number of hydrogen-bond acceptors (Lipinski definition) is 12. The van der Waals surface area contributed by atoms with Crippen molar-refractivity contribution in [3.63, 3.8) is 0 Å². The van der Waals surface area contributed by atoms with Gasteiger partial charge < -0.3 is 26.2 Å². The molecule has 4 aromatic rings. The molecule has 0 saturated carbocycles. The van der Waals surface area contributed by atoms with Crippen LogP contribution < -0.4 is 32.1 Å². The topological polar surface area (TPSA) is 174 Å². The first kappa shape index (κ1) is 43.3. The van der Waals surface area contributed by atoms with Gasteiger partial charge >= 0.3 is 6.18 Å². The number of nitrogens with two attached hydrogens (primary N) is 1. The van der Waals surface area contributed by atoms with Gasteiger partial charge in [-0.25, -0.2) is 9.97 Å². The van der Waals surface area contributed by atoms with Crippen molar-refractivity contribution in [3.8, 4) is 0 Å². The number of piperazine rings is 2. The van der Waals surface area contributed by atoms with Gasteiger partial charge in [-0.1, -0.05) is 18.6 Å². The summed E-state index contributed by atoms with van der Waals surface area (Å²) in [7, 11) is 1.66. The summed E-state index contributed by atoms with van der Waals surface area (Å²) >= 11 is 0. The second-order valence-electron chi connectivity index (χ2n) is 16.2. The Balaban J connectivity index is 0.815. The van der Waals surface area contributed by atoms with Gasteiger partial charge in [0.2, 0.25) is 17.7 Å². The molecule has 3 aliphatic rings. The quantitative estimate of drug-likeness (QED) is 0.0812. The van der Waals surface area contributed by atoms with Crippen molar-refractivity contribution in [1.29, 1.82) is 0 Å². The summed E-state index contributed by atoms with van der Waals surface area (Å²) in [5.41, 5.74) is 7.79. The number of nitrogens with zero attached hydrogens (tertiary/aromatic N) is 7. The lowest BCUT2D eigenvalue weighted by molar-refractivity contribution is -0.138. The van der Waals surface area contributed by atoms with Crippen molar-refractivity contribution in [2.45, 2.75) is 57.2 Å². The Labute approximate surface area is 352 Å². The number of imide groups is 1. The minimum absolute atomic E-state index is 0.0115. The molecule has 0 aliphatic carbocycles. The highest BCUT2D eigenvalue weighted by molar-refractivity contribution is 6.01. The van der Waals surface area contributed by atoms with Gasteiger partial charge in [-0.2, -0.15) is 13.2 Å². The van der Waals surface area contributed by atoms with Crippen LogP contribution in [0.15, 0.2) is 59.7 Å². The number of amides is 3. The number of aromatic nitrogens is 3. The number of nitrogen functional groups attached to an aromatic ring is 1. The smallest absolute Gasteiger partial charge is 0.399 e. The van der Waals surface area contributed by atoms with Crippen molar-refractivity contribution in [3.05, 3.63) is 81.9 Å². The Morgan fingerprint density at radius 3 is 2.23 bits per heavy atom. The van der Waals surface area contributed by atoms with Crippen LogP contribution in [0.5, 0.6) is 0 Å². The molecule has 2 atom stereocenters. The number of carbonyl (C=O) groups excluding carboxylic acids is 3. The Morgan fingerprint density at radius 1 is 0.902 bits per heavy atom. The van der Waals surface area contributed by atoms with E-state index in [1.807, 2.05) is 29.2 Å². The van der Waals surface area contributed by atoms with E-state index in [-0.39, 0.29) is 41.4 Å². The van der Waals surface area contributed by atoms with Crippen molar-refractivity contribution in [2.75, 3.05) is 93.3 Å². The molecule has 2 unspecified atom stereocenters. The van der Waals surface area contributed by atoms with Crippen LogP contribution in [0.1, 0.15) is 67.7 Å². The fourth-order valence-corrected chi connectivity index (χ4v) is 8.39. The van der Waals surface area contributed by atoms with Crippen LogP contribution in [0.4, 0.5) is 36.1 Å². The van der Waals surface area contributed by atoms with E-state index < -0.39 is 17.8 Å². The maximum atomic E-state index is 13.5. The minimum atomic E-state index is -4.53. The molecule has 7 rings (SSSR count). The van der Waals surface area contributed by atoms with Gasteiger partial charge in [0.1, 0.15) is 23.5 Å². The van der Waals surface area contributed by atoms with Crippen LogP contribution in [0.25, 0.3) is 11.0 Å². The number of rotatable bonds is 14. The summed E-state index contributed by atoms with van der Waals surface area (Å²) in [5.74, 6) is -0.375. The van der Waals surface area contributed by atoms with Crippen molar-refractivity contribution >= 4 is 51.6 Å². The lowest BCUT2D eigenvalue weighted by Gasteiger charge is -2.36. The molecule has 0 bridgehead atoms. The molecule has 15 nitrogen and oxygen atoms in total. The molecule has 3 saturated heterocycles. The van der Waals surface area contributed by atoms with Crippen LogP contribution in [-0.4, -0.2) is 119 Å². The van der Waals surface area contributed by atoms with Gasteiger partial charge in [0.25, 0.3) is 5.56 Å². The molecule has 5 N–H and O–H groups in total. The van der Waals surface area contributed by atoms with Crippen molar-refractivity contribution in [1.82, 2.24) is 34.6 Å². The maximum absolute atomic E-state index is 13.5. The van der Waals surface area contributed by atoms with E-state index >= 15 is 0 Å². The third kappa shape index (κ3) is 10.6. The highest BCUT2D eigenvalue weighted by Crippen LogP contribution is 2.34. The van der Waals surface area contributed by atoms with E-state index in [2.05, 4.69) is 40.6 Å². The molecule has 2 aromatic carbocycles. The maximum Gasteiger partial charge on any atom is 0.416 e. The number of anilines is 4. The molecule has 3 fully saturated rings. The SMILES string of the molecule is CC(Nc1ncnc2c1cc(N1CCN(CCCCCN3CCN(C(=O)CNc4ccc(C5CCC(=O)NC5=O)cc4)CC3)CC1)c(=O)n2C)c1cc(N)cc(C(F)(F)F)c1. The third-order valence-corrected chi connectivity index (χ3v) is 12.0. The van der Waals surface area contributed by atoms with E-state index in [1.54, 1.807) is 20.0 Å². The molecule has 0 spiro atoms. The number of hydrogen-bond donors (Lipinski definition) is 4. The number of fused-ring (bicyclic) bond motifs is 1. The number of benzene rings is 2. The first-order chi connectivity index (χ1) is 29.2. The van der Waals surface area contributed by atoms with Crippen LogP contribution in [0, 0.1) is 0 Å². The second kappa shape index (κ2) is 18.9. The van der Waals surface area contributed by atoms with Crippen LogP contribution >= 0.6 is 0 Å². The monoisotopic (exact) mass is 845 g/mol. The number of aryl methyl sites for hydroxylation is 1. The second-order valence-corrected chi connectivity index (χ2v) is 16.2. The predicted octanol–water partition coefficient (Wildman–Crippen LogP) is 4.17. The van der Waals surface area contributed by atoms with Gasteiger partial charge in [0.05, 0.1) is 29.5 Å². The molecule has 0 radical (unpaired) electrons. The van der Waals surface area contributed by atoms with E-state index in [1.165, 1.54) is 17.0 Å². The zero-order chi connectivity index (χ0) is 43.3. The fraction of sp³-hybridized carbons (Fsp3) is 0.488. The molecular weight excluding hydrogens is 792 g/mol. The lowest BCUT2D eigenvalue weighted by Crippen LogP contribution is -2.50. The number of piperidine rings is 1. The highest BCUT2D eigenvalue weighted by Gasteiger charge is 2.32. The van der Waals surface area contributed by atoms with Gasteiger partial charge in [0.15, 0.2) is 0 Å². The van der Waals surface area contributed by atoms with Gasteiger partial charge in [-0.15, -0.1) is 0 Å². The Bertz CT molecular complexity index is 2270. The molecule has 5 heterocycles. The molecule has 18 heteroatoms. The first-order valence-electron chi connectivity index (χ1n) is 21.0. The van der Waals surface area contributed by atoms with Gasteiger partial charge in [-0.3, -0.25) is 38.9 Å².